The largest absolute Gasteiger partial charge is 0.455 e. The molecule has 0 saturated carbocycles. The molecule has 0 aliphatic heterocycles. The zero-order valence-electron chi connectivity index (χ0n) is 10.8. The van der Waals surface area contributed by atoms with Crippen LogP contribution in [0.25, 0.3) is 0 Å². The van der Waals surface area contributed by atoms with E-state index in [4.69, 9.17) is 4.42 Å². The summed E-state index contributed by atoms with van der Waals surface area (Å²) in [5.41, 5.74) is 1.07. The minimum Gasteiger partial charge on any atom is -0.455 e. The normalized spacial score (nSPS) is 12.1. The first kappa shape index (κ1) is 13.5. The van der Waals surface area contributed by atoms with E-state index in [9.17, 15) is 9.00 Å². The van der Waals surface area contributed by atoms with E-state index in [0.29, 0.717) is 5.76 Å². The molecule has 1 heterocycles. The molecule has 0 radical (unpaired) electrons. The van der Waals surface area contributed by atoms with E-state index >= 15 is 0 Å². The van der Waals surface area contributed by atoms with Crippen LogP contribution in [0.1, 0.15) is 21.9 Å². The summed E-state index contributed by atoms with van der Waals surface area (Å²) in [5.74, 6) is 0.755. The molecule has 0 saturated heterocycles. The molecule has 0 fully saturated rings. The van der Waals surface area contributed by atoms with Crippen LogP contribution >= 0.6 is 0 Å². The Bertz CT molecular complexity index is 619. The van der Waals surface area contributed by atoms with Crippen LogP contribution in [-0.4, -0.2) is 17.2 Å². The van der Waals surface area contributed by atoms with Gasteiger partial charge >= 0.3 is 0 Å². The molecule has 19 heavy (non-hydrogen) atoms. The van der Waals surface area contributed by atoms with Crippen molar-refractivity contribution in [2.24, 2.45) is 0 Å². The van der Waals surface area contributed by atoms with Gasteiger partial charge in [0.2, 0.25) is 0 Å². The molecule has 1 amide bonds. The first-order chi connectivity index (χ1) is 9.10. The van der Waals surface area contributed by atoms with Gasteiger partial charge in [-0.2, -0.15) is 0 Å². The zero-order valence-corrected chi connectivity index (χ0v) is 11.6. The van der Waals surface area contributed by atoms with Crippen molar-refractivity contribution in [3.8, 4) is 0 Å². The Balaban J connectivity index is 2.11. The van der Waals surface area contributed by atoms with Gasteiger partial charge in [-0.3, -0.25) is 9.00 Å². The van der Waals surface area contributed by atoms with Gasteiger partial charge in [-0.15, -0.1) is 0 Å². The fourth-order valence-corrected chi connectivity index (χ4v) is 2.80. The van der Waals surface area contributed by atoms with Gasteiger partial charge in [-0.1, -0.05) is 12.1 Å². The smallest absolute Gasteiger partial charge is 0.286 e. The Morgan fingerprint density at radius 2 is 2.11 bits per heavy atom. The first-order valence-electron chi connectivity index (χ1n) is 5.86. The van der Waals surface area contributed by atoms with Gasteiger partial charge in [0.05, 0.1) is 16.6 Å². The van der Waals surface area contributed by atoms with Crippen molar-refractivity contribution in [3.05, 3.63) is 53.5 Å². The van der Waals surface area contributed by atoms with Crippen molar-refractivity contribution in [1.29, 1.82) is 0 Å². The summed E-state index contributed by atoms with van der Waals surface area (Å²) < 4.78 is 17.5. The zero-order chi connectivity index (χ0) is 13.8. The predicted octanol–water partition coefficient (Wildman–Crippen LogP) is 2.26. The molecule has 0 spiro atoms. The first-order valence-corrected chi connectivity index (χ1v) is 7.18. The molecular weight excluding hydrogens is 262 g/mol. The second-order valence-electron chi connectivity index (χ2n) is 4.15. The topological polar surface area (TPSA) is 59.3 Å². The molecule has 0 unspecified atom stereocenters. The van der Waals surface area contributed by atoms with E-state index in [1.807, 2.05) is 31.2 Å². The summed E-state index contributed by atoms with van der Waals surface area (Å²) >= 11 is 0. The minimum absolute atomic E-state index is 0.235. The molecule has 0 aliphatic carbocycles. The highest BCUT2D eigenvalue weighted by atomic mass is 32.2. The van der Waals surface area contributed by atoms with Gasteiger partial charge in [0.25, 0.3) is 5.91 Å². The molecule has 1 aromatic carbocycles. The van der Waals surface area contributed by atoms with Gasteiger partial charge in [0.15, 0.2) is 5.76 Å². The van der Waals surface area contributed by atoms with Gasteiger partial charge in [-0.25, -0.2) is 0 Å². The molecule has 5 heteroatoms. The number of furan rings is 1. The highest BCUT2D eigenvalue weighted by Gasteiger charge is 2.12. The van der Waals surface area contributed by atoms with Gasteiger partial charge in [0, 0.05) is 11.9 Å². The molecule has 2 aromatic rings. The Morgan fingerprint density at radius 1 is 1.32 bits per heavy atom. The van der Waals surface area contributed by atoms with E-state index in [2.05, 4.69) is 5.32 Å². The van der Waals surface area contributed by atoms with Gasteiger partial charge < -0.3 is 9.73 Å². The summed E-state index contributed by atoms with van der Waals surface area (Å²) in [4.78, 5) is 12.1. The SMILES string of the molecule is CNC(=O)c1ccc(C[S@@](=O)c2cccc(C)c2)o1. The summed E-state index contributed by atoms with van der Waals surface area (Å²) in [6, 6.07) is 10.8. The summed E-state index contributed by atoms with van der Waals surface area (Å²) in [5, 5.41) is 2.48. The number of carbonyl (C=O) groups is 1. The average Bonchev–Trinajstić information content (AvgIpc) is 2.86. The number of benzene rings is 1. The lowest BCUT2D eigenvalue weighted by molar-refractivity contribution is 0.0934. The number of amides is 1. The van der Waals surface area contributed by atoms with E-state index in [-0.39, 0.29) is 17.4 Å². The van der Waals surface area contributed by atoms with Crippen molar-refractivity contribution in [3.63, 3.8) is 0 Å². The van der Waals surface area contributed by atoms with Crippen LogP contribution in [0.5, 0.6) is 0 Å². The van der Waals surface area contributed by atoms with Crippen LogP contribution in [0.4, 0.5) is 0 Å². The lowest BCUT2D eigenvalue weighted by atomic mass is 10.2. The fraction of sp³-hybridized carbons (Fsp3) is 0.214. The second-order valence-corrected chi connectivity index (χ2v) is 5.60. The molecule has 1 N–H and O–H groups in total. The molecule has 100 valence electrons. The van der Waals surface area contributed by atoms with E-state index in [1.54, 1.807) is 12.1 Å². The number of hydrogen-bond acceptors (Lipinski definition) is 3. The van der Waals surface area contributed by atoms with Crippen molar-refractivity contribution in [1.82, 2.24) is 5.32 Å². The van der Waals surface area contributed by atoms with Crippen LogP contribution in [0.2, 0.25) is 0 Å². The monoisotopic (exact) mass is 277 g/mol. The molecule has 0 aliphatic rings. The molecule has 4 nitrogen and oxygen atoms in total. The summed E-state index contributed by atoms with van der Waals surface area (Å²) in [6.45, 7) is 1.96. The molecule has 1 aromatic heterocycles. The molecule has 0 bridgehead atoms. The van der Waals surface area contributed by atoms with Crippen LogP contribution in [0, 0.1) is 6.92 Å². The second kappa shape index (κ2) is 5.84. The highest BCUT2D eigenvalue weighted by molar-refractivity contribution is 7.84. The minimum atomic E-state index is -1.17. The summed E-state index contributed by atoms with van der Waals surface area (Å²) in [6.07, 6.45) is 0. The lowest BCUT2D eigenvalue weighted by Crippen LogP contribution is -2.16. The van der Waals surface area contributed by atoms with Crippen molar-refractivity contribution >= 4 is 16.7 Å². The summed E-state index contributed by atoms with van der Waals surface area (Å²) in [7, 11) is 0.365. The van der Waals surface area contributed by atoms with E-state index < -0.39 is 10.8 Å². The van der Waals surface area contributed by atoms with Crippen molar-refractivity contribution in [2.45, 2.75) is 17.6 Å². The van der Waals surface area contributed by atoms with E-state index in [1.165, 1.54) is 7.05 Å². The third kappa shape index (κ3) is 3.32. The third-order valence-corrected chi connectivity index (χ3v) is 3.96. The predicted molar refractivity (Wildman–Crippen MR) is 73.4 cm³/mol. The Morgan fingerprint density at radius 3 is 2.79 bits per heavy atom. The van der Waals surface area contributed by atoms with E-state index in [0.717, 1.165) is 10.5 Å². The third-order valence-electron chi connectivity index (χ3n) is 2.64. The number of hydrogen-bond donors (Lipinski definition) is 1. The fourth-order valence-electron chi connectivity index (χ4n) is 1.67. The lowest BCUT2D eigenvalue weighted by Gasteiger charge is -2.01. The molecule has 2 rings (SSSR count). The van der Waals surface area contributed by atoms with Crippen LogP contribution in [0.3, 0.4) is 0 Å². The van der Waals surface area contributed by atoms with Gasteiger partial charge in [0.1, 0.15) is 5.76 Å². The maximum Gasteiger partial charge on any atom is 0.286 e. The quantitative estimate of drug-likeness (QED) is 0.932. The van der Waals surface area contributed by atoms with Crippen molar-refractivity contribution in [2.75, 3.05) is 7.05 Å². The van der Waals surface area contributed by atoms with Crippen molar-refractivity contribution < 1.29 is 13.4 Å². The van der Waals surface area contributed by atoms with Crippen LogP contribution < -0.4 is 5.32 Å². The molecular formula is C14H15NO3S. The Labute approximate surface area is 114 Å². The number of aryl methyl sites for hydroxylation is 1. The number of nitrogens with one attached hydrogen (secondary N) is 1. The van der Waals surface area contributed by atoms with Crippen LogP contribution in [0.15, 0.2) is 45.7 Å². The Hall–Kier alpha value is -1.88. The number of rotatable bonds is 4. The van der Waals surface area contributed by atoms with Crippen LogP contribution in [-0.2, 0) is 16.6 Å². The number of carbonyl (C=O) groups excluding carboxylic acids is 1. The Kier molecular flexibility index (Phi) is 4.16. The molecule has 1 atom stereocenters. The highest BCUT2D eigenvalue weighted by Crippen LogP contribution is 2.16. The van der Waals surface area contributed by atoms with Gasteiger partial charge in [-0.05, 0) is 36.8 Å². The maximum atomic E-state index is 12.2. The standard InChI is InChI=1S/C14H15NO3S/c1-10-4-3-5-12(8-10)19(17)9-11-6-7-13(18-11)14(16)15-2/h3-8H,9H2,1-2H3,(H,15,16)/t19-/m1/s1. The average molecular weight is 277 g/mol. The maximum absolute atomic E-state index is 12.2.